The molecule has 1 aliphatic rings. The number of hydrogen-bond acceptors (Lipinski definition) is 3. The summed E-state index contributed by atoms with van der Waals surface area (Å²) in [4.78, 5) is 7.26. The van der Waals surface area contributed by atoms with Crippen LogP contribution in [0.15, 0.2) is 52.1 Å². The molecule has 27 heavy (non-hydrogen) atoms. The minimum Gasteiger partial charge on any atom is -0.469 e. The number of guanidine groups is 1. The van der Waals surface area contributed by atoms with Crippen LogP contribution in [0.5, 0.6) is 0 Å². The van der Waals surface area contributed by atoms with Gasteiger partial charge in [0.1, 0.15) is 5.76 Å². The summed E-state index contributed by atoms with van der Waals surface area (Å²) in [5, 5.41) is 6.67. The lowest BCUT2D eigenvalue weighted by Crippen LogP contribution is -2.38. The number of benzene rings is 1. The standard InChI is InChI=1S/C22H32N4O/c1-2-23-22(24-13-12-21-7-6-16-27-21)25-17-19-8-10-20(11-9-19)18-26-14-4-3-5-15-26/h6-11,16H,2-5,12-15,17-18H2,1H3,(H2,23,24,25). The lowest BCUT2D eigenvalue weighted by atomic mass is 10.1. The highest BCUT2D eigenvalue weighted by molar-refractivity contribution is 5.79. The Hall–Kier alpha value is -2.27. The average Bonchev–Trinajstić information content (AvgIpc) is 3.21. The van der Waals surface area contributed by atoms with Crippen LogP contribution in [0.4, 0.5) is 0 Å². The maximum Gasteiger partial charge on any atom is 0.191 e. The van der Waals surface area contributed by atoms with Crippen molar-refractivity contribution in [1.29, 1.82) is 0 Å². The highest BCUT2D eigenvalue weighted by atomic mass is 16.3. The first-order valence-electron chi connectivity index (χ1n) is 10.2. The van der Waals surface area contributed by atoms with Crippen LogP contribution in [0.2, 0.25) is 0 Å². The molecule has 1 fully saturated rings. The third-order valence-corrected chi connectivity index (χ3v) is 4.89. The monoisotopic (exact) mass is 368 g/mol. The van der Waals surface area contributed by atoms with Crippen LogP contribution in [0.3, 0.4) is 0 Å². The molecule has 0 atom stereocenters. The van der Waals surface area contributed by atoms with Gasteiger partial charge in [-0.25, -0.2) is 4.99 Å². The van der Waals surface area contributed by atoms with Crippen LogP contribution >= 0.6 is 0 Å². The number of furan rings is 1. The predicted octanol–water partition coefficient (Wildman–Crippen LogP) is 3.56. The predicted molar refractivity (Wildman–Crippen MR) is 111 cm³/mol. The first kappa shape index (κ1) is 19.5. The molecule has 0 amide bonds. The Morgan fingerprint density at radius 2 is 1.81 bits per heavy atom. The van der Waals surface area contributed by atoms with E-state index in [9.17, 15) is 0 Å². The summed E-state index contributed by atoms with van der Waals surface area (Å²) >= 11 is 0. The molecule has 2 heterocycles. The molecule has 5 nitrogen and oxygen atoms in total. The fourth-order valence-corrected chi connectivity index (χ4v) is 3.40. The summed E-state index contributed by atoms with van der Waals surface area (Å²) in [6, 6.07) is 12.8. The zero-order chi connectivity index (χ0) is 18.7. The zero-order valence-electron chi connectivity index (χ0n) is 16.4. The Balaban J connectivity index is 1.47. The van der Waals surface area contributed by atoms with Crippen molar-refractivity contribution in [3.63, 3.8) is 0 Å². The number of rotatable bonds is 8. The lowest BCUT2D eigenvalue weighted by Gasteiger charge is -2.26. The van der Waals surface area contributed by atoms with Crippen LogP contribution in [0.1, 0.15) is 43.1 Å². The fraction of sp³-hybridized carbons (Fsp3) is 0.500. The average molecular weight is 369 g/mol. The Labute approximate surface area is 162 Å². The van der Waals surface area contributed by atoms with Crippen LogP contribution in [-0.2, 0) is 19.5 Å². The normalized spacial score (nSPS) is 15.7. The molecule has 1 aromatic heterocycles. The highest BCUT2D eigenvalue weighted by Crippen LogP contribution is 2.14. The molecule has 0 radical (unpaired) electrons. The van der Waals surface area contributed by atoms with E-state index in [2.05, 4.69) is 46.7 Å². The molecule has 0 aliphatic carbocycles. The number of aliphatic imine (C=N–C) groups is 1. The first-order chi connectivity index (χ1) is 13.3. The quantitative estimate of drug-likeness (QED) is 0.553. The Morgan fingerprint density at radius 1 is 1.04 bits per heavy atom. The molecule has 3 rings (SSSR count). The van der Waals surface area contributed by atoms with Crippen molar-refractivity contribution in [2.45, 2.75) is 45.7 Å². The third kappa shape index (κ3) is 6.75. The molecular weight excluding hydrogens is 336 g/mol. The summed E-state index contributed by atoms with van der Waals surface area (Å²) in [7, 11) is 0. The smallest absolute Gasteiger partial charge is 0.191 e. The van der Waals surface area contributed by atoms with Crippen LogP contribution in [-0.4, -0.2) is 37.0 Å². The summed E-state index contributed by atoms with van der Waals surface area (Å²) in [5.74, 6) is 1.84. The van der Waals surface area contributed by atoms with Gasteiger partial charge in [-0.3, -0.25) is 4.90 Å². The van der Waals surface area contributed by atoms with Gasteiger partial charge in [-0.05, 0) is 56.1 Å². The van der Waals surface area contributed by atoms with E-state index in [4.69, 9.17) is 9.41 Å². The summed E-state index contributed by atoms with van der Waals surface area (Å²) in [6.45, 7) is 7.96. The number of nitrogens with zero attached hydrogens (tertiary/aromatic N) is 2. The van der Waals surface area contributed by atoms with Crippen molar-refractivity contribution in [2.75, 3.05) is 26.2 Å². The van der Waals surface area contributed by atoms with E-state index in [1.54, 1.807) is 6.26 Å². The number of piperidine rings is 1. The Bertz CT molecular complexity index is 673. The molecule has 1 saturated heterocycles. The van der Waals surface area contributed by atoms with E-state index in [0.717, 1.165) is 37.8 Å². The van der Waals surface area contributed by atoms with E-state index in [1.807, 2.05) is 12.1 Å². The van der Waals surface area contributed by atoms with Gasteiger partial charge in [-0.15, -0.1) is 0 Å². The third-order valence-electron chi connectivity index (χ3n) is 4.89. The van der Waals surface area contributed by atoms with Crippen molar-refractivity contribution in [2.24, 2.45) is 4.99 Å². The molecule has 0 saturated carbocycles. The second-order valence-electron chi connectivity index (χ2n) is 7.10. The van der Waals surface area contributed by atoms with E-state index in [1.165, 1.54) is 43.5 Å². The molecular formula is C22H32N4O. The molecule has 0 unspecified atom stereocenters. The van der Waals surface area contributed by atoms with E-state index in [-0.39, 0.29) is 0 Å². The van der Waals surface area contributed by atoms with Crippen LogP contribution in [0, 0.1) is 0 Å². The van der Waals surface area contributed by atoms with Gasteiger partial charge in [0, 0.05) is 26.1 Å². The van der Waals surface area contributed by atoms with Crippen molar-refractivity contribution in [1.82, 2.24) is 15.5 Å². The fourth-order valence-electron chi connectivity index (χ4n) is 3.40. The van der Waals surface area contributed by atoms with E-state index < -0.39 is 0 Å². The first-order valence-corrected chi connectivity index (χ1v) is 10.2. The van der Waals surface area contributed by atoms with Gasteiger partial charge >= 0.3 is 0 Å². The highest BCUT2D eigenvalue weighted by Gasteiger charge is 2.10. The number of hydrogen-bond donors (Lipinski definition) is 2. The van der Waals surface area contributed by atoms with Crippen LogP contribution in [0.25, 0.3) is 0 Å². The summed E-state index contributed by atoms with van der Waals surface area (Å²) in [5.41, 5.74) is 2.63. The molecule has 2 N–H and O–H groups in total. The molecule has 1 aliphatic heterocycles. The van der Waals surface area contributed by atoms with Crippen molar-refractivity contribution in [3.05, 3.63) is 59.5 Å². The Morgan fingerprint density at radius 3 is 2.52 bits per heavy atom. The van der Waals surface area contributed by atoms with Gasteiger partial charge in [0.15, 0.2) is 5.96 Å². The van der Waals surface area contributed by atoms with Gasteiger partial charge in [-0.2, -0.15) is 0 Å². The van der Waals surface area contributed by atoms with E-state index in [0.29, 0.717) is 6.54 Å². The summed E-state index contributed by atoms with van der Waals surface area (Å²) < 4.78 is 5.37. The lowest BCUT2D eigenvalue weighted by molar-refractivity contribution is 0.221. The zero-order valence-corrected chi connectivity index (χ0v) is 16.4. The van der Waals surface area contributed by atoms with Crippen LogP contribution < -0.4 is 10.6 Å². The minimum absolute atomic E-state index is 0.681. The molecule has 0 spiro atoms. The van der Waals surface area contributed by atoms with Gasteiger partial charge in [-0.1, -0.05) is 30.7 Å². The molecule has 0 bridgehead atoms. The van der Waals surface area contributed by atoms with Crippen molar-refractivity contribution in [3.8, 4) is 0 Å². The second-order valence-corrected chi connectivity index (χ2v) is 7.10. The van der Waals surface area contributed by atoms with Crippen molar-refractivity contribution < 1.29 is 4.42 Å². The SMILES string of the molecule is CCNC(=NCc1ccc(CN2CCCCC2)cc1)NCCc1ccco1. The Kier molecular flexibility index (Phi) is 7.78. The van der Waals surface area contributed by atoms with E-state index >= 15 is 0 Å². The molecule has 2 aromatic rings. The van der Waals surface area contributed by atoms with Gasteiger partial charge in [0.25, 0.3) is 0 Å². The van der Waals surface area contributed by atoms with Crippen molar-refractivity contribution >= 4 is 5.96 Å². The van der Waals surface area contributed by atoms with Gasteiger partial charge < -0.3 is 15.1 Å². The van der Waals surface area contributed by atoms with Gasteiger partial charge in [0.2, 0.25) is 0 Å². The van der Waals surface area contributed by atoms with Gasteiger partial charge in [0.05, 0.1) is 12.8 Å². The summed E-state index contributed by atoms with van der Waals surface area (Å²) in [6.07, 6.45) is 6.63. The molecule has 5 heteroatoms. The minimum atomic E-state index is 0.681. The topological polar surface area (TPSA) is 52.8 Å². The largest absolute Gasteiger partial charge is 0.469 e. The molecule has 146 valence electrons. The maximum absolute atomic E-state index is 5.37. The molecule has 1 aromatic carbocycles. The number of likely N-dealkylation sites (tertiary alicyclic amines) is 1. The second kappa shape index (κ2) is 10.8. The maximum atomic E-state index is 5.37. The number of nitrogens with one attached hydrogen (secondary N) is 2.